The Labute approximate surface area is 179 Å². The second-order valence-corrected chi connectivity index (χ2v) is 10.2. The quantitative estimate of drug-likeness (QED) is 0.653. The Morgan fingerprint density at radius 2 is 2.16 bits per heavy atom. The first-order valence-corrected chi connectivity index (χ1v) is 12.0. The van der Waals surface area contributed by atoms with Crippen LogP contribution in [0.1, 0.15) is 36.4 Å². The molecule has 3 aromatic rings. The topological polar surface area (TPSA) is 94.3 Å². The molecule has 162 valence electrons. The van der Waals surface area contributed by atoms with Crippen LogP contribution in [0, 0.1) is 5.82 Å². The summed E-state index contributed by atoms with van der Waals surface area (Å²) in [6.07, 6.45) is 6.99. The molecule has 1 fully saturated rings. The monoisotopic (exact) mass is 443 g/mol. The Balaban J connectivity index is 1.60. The van der Waals surface area contributed by atoms with E-state index >= 15 is 0 Å². The summed E-state index contributed by atoms with van der Waals surface area (Å²) in [5.41, 5.74) is 2.28. The molecule has 1 spiro atoms. The highest BCUT2D eigenvalue weighted by molar-refractivity contribution is 7.88. The Bertz CT molecular complexity index is 1240. The minimum Gasteiger partial charge on any atom is -0.483 e. The van der Waals surface area contributed by atoms with Gasteiger partial charge in [0, 0.05) is 17.8 Å². The third-order valence-corrected chi connectivity index (χ3v) is 6.73. The zero-order valence-corrected chi connectivity index (χ0v) is 17.8. The summed E-state index contributed by atoms with van der Waals surface area (Å²) in [6, 6.07) is 8.41. The van der Waals surface area contributed by atoms with Gasteiger partial charge in [-0.1, -0.05) is 6.07 Å². The standard InChI is InChI=1S/C22H22FN3O4S/c1-31(27,28)26-15-5-7-22(11-15)10-14-6-8-24-19(9-14)17-3-2-4-18(23)20(17)29-12-16-13-30-21(22)25-16/h2-4,6,8-9,13,15,26H,5,7,10-12H2,1H3/t15-,22+/m0/s1. The number of pyridine rings is 1. The third kappa shape index (κ3) is 3.95. The predicted molar refractivity (Wildman–Crippen MR) is 111 cm³/mol. The highest BCUT2D eigenvalue weighted by atomic mass is 32.2. The molecule has 1 N–H and O–H groups in total. The molecule has 1 aliphatic heterocycles. The third-order valence-electron chi connectivity index (χ3n) is 5.97. The lowest BCUT2D eigenvalue weighted by atomic mass is 9.79. The van der Waals surface area contributed by atoms with Crippen molar-refractivity contribution in [3.05, 3.63) is 65.8 Å². The largest absolute Gasteiger partial charge is 0.483 e. The van der Waals surface area contributed by atoms with Crippen LogP contribution in [-0.2, 0) is 28.5 Å². The number of aromatic nitrogens is 2. The van der Waals surface area contributed by atoms with Crippen molar-refractivity contribution >= 4 is 10.0 Å². The molecule has 5 rings (SSSR count). The first-order valence-electron chi connectivity index (χ1n) is 10.1. The molecule has 2 aromatic heterocycles. The van der Waals surface area contributed by atoms with Gasteiger partial charge in [-0.15, -0.1) is 0 Å². The van der Waals surface area contributed by atoms with Crippen LogP contribution in [0.4, 0.5) is 4.39 Å². The van der Waals surface area contributed by atoms with Gasteiger partial charge in [0.25, 0.3) is 0 Å². The molecular weight excluding hydrogens is 421 g/mol. The lowest BCUT2D eigenvalue weighted by Crippen LogP contribution is -2.35. The van der Waals surface area contributed by atoms with Crippen molar-refractivity contribution in [3.63, 3.8) is 0 Å². The van der Waals surface area contributed by atoms with Crippen LogP contribution in [0.5, 0.6) is 5.75 Å². The van der Waals surface area contributed by atoms with E-state index in [2.05, 4.69) is 14.7 Å². The summed E-state index contributed by atoms with van der Waals surface area (Å²) >= 11 is 0. The second kappa shape index (κ2) is 7.42. The predicted octanol–water partition coefficient (Wildman–Crippen LogP) is 3.35. The number of oxazole rings is 1. The van der Waals surface area contributed by atoms with Gasteiger partial charge in [0.1, 0.15) is 18.6 Å². The number of hydrogen-bond acceptors (Lipinski definition) is 6. The summed E-state index contributed by atoms with van der Waals surface area (Å²) in [6.45, 7) is 0.0538. The fourth-order valence-electron chi connectivity index (χ4n) is 4.70. The Hall–Kier alpha value is -2.78. The van der Waals surface area contributed by atoms with Crippen molar-refractivity contribution in [1.29, 1.82) is 0 Å². The number of nitrogens with zero attached hydrogens (tertiary/aromatic N) is 2. The van der Waals surface area contributed by atoms with E-state index in [0.717, 1.165) is 12.0 Å². The highest BCUT2D eigenvalue weighted by Crippen LogP contribution is 2.44. The number of fused-ring (bicyclic) bond motifs is 7. The molecule has 4 bridgehead atoms. The van der Waals surface area contributed by atoms with E-state index < -0.39 is 21.3 Å². The fourth-order valence-corrected chi connectivity index (χ4v) is 5.51. The van der Waals surface area contributed by atoms with Gasteiger partial charge in [-0.25, -0.2) is 22.5 Å². The number of sulfonamides is 1. The van der Waals surface area contributed by atoms with Gasteiger partial charge in [0.05, 0.1) is 17.4 Å². The molecule has 1 saturated carbocycles. The molecule has 0 saturated heterocycles. The van der Waals surface area contributed by atoms with Crippen molar-refractivity contribution in [2.45, 2.75) is 43.7 Å². The molecule has 9 heteroatoms. The van der Waals surface area contributed by atoms with E-state index in [1.807, 2.05) is 12.1 Å². The van der Waals surface area contributed by atoms with E-state index in [9.17, 15) is 12.8 Å². The Morgan fingerprint density at radius 1 is 1.29 bits per heavy atom. The normalized spacial score (nSPS) is 23.0. The molecule has 0 unspecified atom stereocenters. The zero-order chi connectivity index (χ0) is 21.6. The van der Waals surface area contributed by atoms with Crippen molar-refractivity contribution in [2.75, 3.05) is 6.26 Å². The number of hydrogen-bond donors (Lipinski definition) is 1. The van der Waals surface area contributed by atoms with Gasteiger partial charge in [0.15, 0.2) is 11.6 Å². The van der Waals surface area contributed by atoms with Crippen LogP contribution in [0.15, 0.2) is 47.2 Å². The molecule has 1 aromatic carbocycles. The number of halogens is 1. The van der Waals surface area contributed by atoms with Gasteiger partial charge in [-0.2, -0.15) is 0 Å². The molecule has 7 nitrogen and oxygen atoms in total. The number of para-hydroxylation sites is 1. The van der Waals surface area contributed by atoms with Crippen LogP contribution in [-0.4, -0.2) is 30.7 Å². The van der Waals surface area contributed by atoms with Crippen molar-refractivity contribution in [3.8, 4) is 17.0 Å². The summed E-state index contributed by atoms with van der Waals surface area (Å²) in [7, 11) is -3.32. The number of rotatable bonds is 2. The van der Waals surface area contributed by atoms with Crippen molar-refractivity contribution in [2.24, 2.45) is 0 Å². The van der Waals surface area contributed by atoms with Crippen molar-refractivity contribution < 1.29 is 22.0 Å². The summed E-state index contributed by atoms with van der Waals surface area (Å²) in [5.74, 6) is 0.217. The van der Waals surface area contributed by atoms with Gasteiger partial charge in [-0.05, 0) is 55.5 Å². The first kappa shape index (κ1) is 20.1. The van der Waals surface area contributed by atoms with Gasteiger partial charge >= 0.3 is 0 Å². The molecule has 3 heterocycles. The Morgan fingerprint density at radius 3 is 3.00 bits per heavy atom. The summed E-state index contributed by atoms with van der Waals surface area (Å²) < 4.78 is 52.4. The van der Waals surface area contributed by atoms with Gasteiger partial charge in [-0.3, -0.25) is 4.98 Å². The van der Waals surface area contributed by atoms with Crippen LogP contribution in [0.3, 0.4) is 0 Å². The first-order chi connectivity index (χ1) is 14.8. The van der Waals surface area contributed by atoms with Crippen LogP contribution in [0.25, 0.3) is 11.3 Å². The van der Waals surface area contributed by atoms with Crippen LogP contribution >= 0.6 is 0 Å². The van der Waals surface area contributed by atoms with E-state index in [1.165, 1.54) is 18.6 Å². The highest BCUT2D eigenvalue weighted by Gasteiger charge is 2.45. The molecular formula is C22H22FN3O4S. The van der Waals surface area contributed by atoms with Crippen LogP contribution in [0.2, 0.25) is 0 Å². The molecule has 0 amide bonds. The Kier molecular flexibility index (Phi) is 4.82. The lowest BCUT2D eigenvalue weighted by molar-refractivity contribution is 0.286. The van der Waals surface area contributed by atoms with Gasteiger partial charge < -0.3 is 9.15 Å². The number of nitrogens with one attached hydrogen (secondary N) is 1. The molecule has 31 heavy (non-hydrogen) atoms. The summed E-state index contributed by atoms with van der Waals surface area (Å²) in [5, 5.41) is 0. The minimum absolute atomic E-state index is 0.0538. The van der Waals surface area contributed by atoms with Crippen molar-refractivity contribution in [1.82, 2.24) is 14.7 Å². The fraction of sp³-hybridized carbons (Fsp3) is 0.364. The maximum atomic E-state index is 14.5. The molecule has 1 aliphatic carbocycles. The average Bonchev–Trinajstić information content (AvgIpc) is 3.33. The van der Waals surface area contributed by atoms with E-state index in [-0.39, 0.29) is 18.4 Å². The smallest absolute Gasteiger partial charge is 0.208 e. The van der Waals surface area contributed by atoms with Gasteiger partial charge in [0.2, 0.25) is 15.9 Å². The summed E-state index contributed by atoms with van der Waals surface area (Å²) in [4.78, 5) is 9.08. The molecule has 2 aliphatic rings. The molecule has 0 radical (unpaired) electrons. The SMILES string of the molecule is CS(=O)(=O)N[C@H]1CC[C@@]2(Cc3ccnc(c3)-c3cccc(F)c3OCc3coc2n3)C1. The number of ether oxygens (including phenoxy) is 1. The van der Waals surface area contributed by atoms with Crippen LogP contribution < -0.4 is 9.46 Å². The maximum Gasteiger partial charge on any atom is 0.208 e. The molecule has 2 atom stereocenters. The average molecular weight is 444 g/mol. The number of benzene rings is 1. The maximum absolute atomic E-state index is 14.5. The zero-order valence-electron chi connectivity index (χ0n) is 17.0. The van der Waals surface area contributed by atoms with E-state index in [1.54, 1.807) is 18.3 Å². The van der Waals surface area contributed by atoms with E-state index in [0.29, 0.717) is 42.1 Å². The second-order valence-electron chi connectivity index (χ2n) is 8.39. The lowest BCUT2D eigenvalue weighted by Gasteiger charge is -2.26. The minimum atomic E-state index is -3.32. The van der Waals surface area contributed by atoms with E-state index in [4.69, 9.17) is 9.15 Å².